The van der Waals surface area contributed by atoms with Crippen LogP contribution in [0.15, 0.2) is 24.3 Å². The molecular weight excluding hydrogens is 362 g/mol. The van der Waals surface area contributed by atoms with Gasteiger partial charge in [0.2, 0.25) is 11.8 Å². The third kappa shape index (κ3) is 4.96. The number of carbonyl (C=O) groups excluding carboxylic acids is 3. The Kier molecular flexibility index (Phi) is 6.87. The van der Waals surface area contributed by atoms with E-state index in [0.717, 1.165) is 36.6 Å². The van der Waals surface area contributed by atoms with E-state index in [0.29, 0.717) is 12.1 Å². The maximum Gasteiger partial charge on any atom is 0.289 e. The van der Waals surface area contributed by atoms with Crippen LogP contribution >= 0.6 is 24.2 Å². The number of halogens is 1. The van der Waals surface area contributed by atoms with Gasteiger partial charge < -0.3 is 11.1 Å². The summed E-state index contributed by atoms with van der Waals surface area (Å²) in [5, 5.41) is 2.68. The smallest absolute Gasteiger partial charge is 0.289 e. The van der Waals surface area contributed by atoms with E-state index in [1.165, 1.54) is 4.90 Å². The first-order chi connectivity index (χ1) is 11.5. The third-order valence-electron chi connectivity index (χ3n) is 4.58. The Balaban J connectivity index is 0.00000225. The molecule has 0 bridgehead atoms. The largest absolute Gasteiger partial charge is 0.327 e. The summed E-state index contributed by atoms with van der Waals surface area (Å²) in [5.74, 6) is 0.312. The molecule has 1 heterocycles. The lowest BCUT2D eigenvalue weighted by Gasteiger charge is -2.15. The van der Waals surface area contributed by atoms with E-state index in [2.05, 4.69) is 5.32 Å². The standard InChI is InChI=1S/C17H21N3O3S.ClH/c18-14-3-1-2-12(14)8-15(21)19-13-6-4-11(5-7-13)9-20-16(22)10-24-17(20)23;/h4-7,12,14H,1-3,8-10,18H2,(H,19,21);1H/t12-,14+;/m0./s1. The van der Waals surface area contributed by atoms with Crippen molar-refractivity contribution in [2.75, 3.05) is 11.1 Å². The fraction of sp³-hybridized carbons (Fsp3) is 0.471. The lowest BCUT2D eigenvalue weighted by molar-refractivity contribution is -0.125. The summed E-state index contributed by atoms with van der Waals surface area (Å²) in [6, 6.07) is 7.35. The minimum Gasteiger partial charge on any atom is -0.327 e. The Hall–Kier alpha value is -1.57. The van der Waals surface area contributed by atoms with E-state index < -0.39 is 0 Å². The van der Waals surface area contributed by atoms with Crippen molar-refractivity contribution >= 4 is 46.9 Å². The van der Waals surface area contributed by atoms with Gasteiger partial charge in [0.25, 0.3) is 5.24 Å². The van der Waals surface area contributed by atoms with E-state index in [1.807, 2.05) is 12.1 Å². The van der Waals surface area contributed by atoms with Crippen LogP contribution in [-0.4, -0.2) is 33.7 Å². The second kappa shape index (κ2) is 8.69. The normalized spacial score (nSPS) is 22.8. The number of imide groups is 1. The van der Waals surface area contributed by atoms with Crippen LogP contribution in [0.4, 0.5) is 10.5 Å². The van der Waals surface area contributed by atoms with E-state index >= 15 is 0 Å². The molecule has 6 nitrogen and oxygen atoms in total. The second-order valence-corrected chi connectivity index (χ2v) is 7.27. The molecule has 2 fully saturated rings. The maximum atomic E-state index is 12.1. The minimum absolute atomic E-state index is 0. The van der Waals surface area contributed by atoms with Crippen molar-refractivity contribution in [1.82, 2.24) is 4.90 Å². The molecule has 1 aromatic carbocycles. The Morgan fingerprint density at radius 1 is 1.24 bits per heavy atom. The van der Waals surface area contributed by atoms with Gasteiger partial charge in [0.15, 0.2) is 0 Å². The number of hydrogen-bond donors (Lipinski definition) is 2. The molecular formula is C17H22ClN3O3S. The molecule has 0 radical (unpaired) electrons. The molecule has 3 N–H and O–H groups in total. The number of benzene rings is 1. The van der Waals surface area contributed by atoms with Gasteiger partial charge in [-0.1, -0.05) is 30.3 Å². The van der Waals surface area contributed by atoms with Crippen molar-refractivity contribution in [3.8, 4) is 0 Å². The van der Waals surface area contributed by atoms with E-state index in [-0.39, 0.29) is 53.7 Å². The van der Waals surface area contributed by atoms with Gasteiger partial charge in [-0.3, -0.25) is 19.3 Å². The van der Waals surface area contributed by atoms with Crippen molar-refractivity contribution in [2.24, 2.45) is 11.7 Å². The topological polar surface area (TPSA) is 92.5 Å². The molecule has 1 aliphatic heterocycles. The van der Waals surface area contributed by atoms with E-state index in [4.69, 9.17) is 5.73 Å². The average Bonchev–Trinajstić information content (AvgIpc) is 3.09. The maximum absolute atomic E-state index is 12.1. The number of thioether (sulfide) groups is 1. The van der Waals surface area contributed by atoms with Crippen molar-refractivity contribution in [3.05, 3.63) is 29.8 Å². The molecule has 3 amide bonds. The summed E-state index contributed by atoms with van der Waals surface area (Å²) in [6.07, 6.45) is 3.57. The van der Waals surface area contributed by atoms with Crippen molar-refractivity contribution in [2.45, 2.75) is 38.3 Å². The highest BCUT2D eigenvalue weighted by atomic mass is 35.5. The molecule has 0 unspecified atom stereocenters. The van der Waals surface area contributed by atoms with Gasteiger partial charge in [-0.15, -0.1) is 12.4 Å². The third-order valence-corrected chi connectivity index (χ3v) is 5.44. The molecule has 1 saturated carbocycles. The van der Waals surface area contributed by atoms with Gasteiger partial charge in [0, 0.05) is 18.2 Å². The van der Waals surface area contributed by atoms with Crippen LogP contribution < -0.4 is 11.1 Å². The summed E-state index contributed by atoms with van der Waals surface area (Å²) in [7, 11) is 0. The summed E-state index contributed by atoms with van der Waals surface area (Å²) in [5.41, 5.74) is 7.57. The number of hydrogen-bond acceptors (Lipinski definition) is 5. The zero-order valence-electron chi connectivity index (χ0n) is 13.8. The van der Waals surface area contributed by atoms with E-state index in [1.54, 1.807) is 12.1 Å². The Morgan fingerprint density at radius 2 is 1.96 bits per heavy atom. The first-order valence-electron chi connectivity index (χ1n) is 8.14. The van der Waals surface area contributed by atoms with Crippen LogP contribution in [0.5, 0.6) is 0 Å². The lowest BCUT2D eigenvalue weighted by Crippen LogP contribution is -2.28. The summed E-state index contributed by atoms with van der Waals surface area (Å²) < 4.78 is 0. The number of nitrogens with two attached hydrogens (primary N) is 1. The summed E-state index contributed by atoms with van der Waals surface area (Å²) in [4.78, 5) is 36.5. The Bertz CT molecular complexity index is 637. The number of nitrogens with zero attached hydrogens (tertiary/aromatic N) is 1. The Morgan fingerprint density at radius 3 is 2.52 bits per heavy atom. The van der Waals surface area contributed by atoms with Gasteiger partial charge in [-0.05, 0) is 36.5 Å². The second-order valence-electron chi connectivity index (χ2n) is 6.34. The fourth-order valence-corrected chi connectivity index (χ4v) is 3.90. The van der Waals surface area contributed by atoms with Crippen molar-refractivity contribution in [1.29, 1.82) is 0 Å². The van der Waals surface area contributed by atoms with Crippen LogP contribution in [0.1, 0.15) is 31.2 Å². The van der Waals surface area contributed by atoms with Gasteiger partial charge in [-0.25, -0.2) is 0 Å². The van der Waals surface area contributed by atoms with Gasteiger partial charge >= 0.3 is 0 Å². The molecule has 1 saturated heterocycles. The van der Waals surface area contributed by atoms with Crippen LogP contribution in [0.3, 0.4) is 0 Å². The number of nitrogens with one attached hydrogen (secondary N) is 1. The van der Waals surface area contributed by atoms with Crippen LogP contribution in [0.2, 0.25) is 0 Å². The van der Waals surface area contributed by atoms with Crippen LogP contribution in [0, 0.1) is 5.92 Å². The predicted octanol–water partition coefficient (Wildman–Crippen LogP) is 2.76. The first kappa shape index (κ1) is 19.8. The molecule has 136 valence electrons. The van der Waals surface area contributed by atoms with Crippen molar-refractivity contribution < 1.29 is 14.4 Å². The van der Waals surface area contributed by atoms with Crippen LogP contribution in [0.25, 0.3) is 0 Å². The molecule has 3 rings (SSSR count). The molecule has 2 atom stereocenters. The molecule has 1 aromatic rings. The lowest BCUT2D eigenvalue weighted by atomic mass is 10.00. The number of amides is 3. The van der Waals surface area contributed by atoms with Gasteiger partial charge in [-0.2, -0.15) is 0 Å². The van der Waals surface area contributed by atoms with Crippen LogP contribution in [-0.2, 0) is 16.1 Å². The molecule has 8 heteroatoms. The predicted molar refractivity (Wildman–Crippen MR) is 101 cm³/mol. The SMILES string of the molecule is Cl.N[C@@H]1CCC[C@H]1CC(=O)Nc1ccc(CN2C(=O)CSC2=O)cc1. The average molecular weight is 384 g/mol. The van der Waals surface area contributed by atoms with Gasteiger partial charge in [0.05, 0.1) is 12.3 Å². The highest BCUT2D eigenvalue weighted by molar-refractivity contribution is 8.14. The summed E-state index contributed by atoms with van der Waals surface area (Å²) >= 11 is 1.03. The first-order valence-corrected chi connectivity index (χ1v) is 9.13. The number of carbonyl (C=O) groups is 3. The summed E-state index contributed by atoms with van der Waals surface area (Å²) in [6.45, 7) is 0.274. The zero-order valence-corrected chi connectivity index (χ0v) is 15.4. The Labute approximate surface area is 157 Å². The van der Waals surface area contributed by atoms with Gasteiger partial charge in [0.1, 0.15) is 0 Å². The minimum atomic E-state index is -0.203. The number of anilines is 1. The van der Waals surface area contributed by atoms with Crippen molar-refractivity contribution in [3.63, 3.8) is 0 Å². The highest BCUT2D eigenvalue weighted by Crippen LogP contribution is 2.27. The molecule has 0 spiro atoms. The quantitative estimate of drug-likeness (QED) is 0.815. The number of rotatable bonds is 5. The molecule has 2 aliphatic rings. The molecule has 25 heavy (non-hydrogen) atoms. The monoisotopic (exact) mass is 383 g/mol. The van der Waals surface area contributed by atoms with E-state index in [9.17, 15) is 14.4 Å². The zero-order chi connectivity index (χ0) is 17.1. The fourth-order valence-electron chi connectivity index (χ4n) is 3.18. The highest BCUT2D eigenvalue weighted by Gasteiger charge is 2.29. The molecule has 0 aromatic heterocycles. The molecule has 1 aliphatic carbocycles.